The Bertz CT molecular complexity index is 2670. The van der Waals surface area contributed by atoms with E-state index in [0.717, 1.165) is 0 Å². The standard InChI is InChI=1S/C52H74N8O15S3/c1-7-26(2)44-49(73)55-21-42(68)56-36-25-78(74)50-34-15-30(47(71)54-22-43(69)58-44)17-39(65)45(28(4)40(66)24-61)59-48(72)37-19-31(63)23-60(37)52(46(70)29(16-38(36)64)18-41(53)67,75-32-10-11-33(34)35(20-32)57-50)13-12-51(5,6)77-76-14-8-9-27(3)62/h10-11,20,26,28-31,36-37,40,44-45,57,61,63,66H,7-9,12-19,21-25H2,1-6H3,(H2,53,67)(H,54,71)(H,55,73)(H,56,68)(H,58,69)(H,59,72)/t26-,28-,29-,30+,31?,36?,37-,40-,44-,45-,52?,78+/m0/s1. The van der Waals surface area contributed by atoms with Crippen LogP contribution in [-0.4, -0.2) is 173 Å². The Morgan fingerprint density at radius 3 is 2.31 bits per heavy atom. The summed E-state index contributed by atoms with van der Waals surface area (Å²) in [4.78, 5) is 147. The highest BCUT2D eigenvalue weighted by molar-refractivity contribution is 8.77. The number of H-pyrrole nitrogens is 1. The van der Waals surface area contributed by atoms with Crippen molar-refractivity contribution < 1.29 is 72.2 Å². The van der Waals surface area contributed by atoms with Crippen LogP contribution >= 0.6 is 21.6 Å². The van der Waals surface area contributed by atoms with Crippen LogP contribution < -0.4 is 37.1 Å². The van der Waals surface area contributed by atoms with E-state index in [1.807, 2.05) is 13.8 Å². The number of amides is 6. The number of aliphatic hydroxyl groups is 3. The van der Waals surface area contributed by atoms with E-state index in [9.17, 15) is 44.1 Å². The van der Waals surface area contributed by atoms with E-state index in [1.165, 1.54) is 52.5 Å². The van der Waals surface area contributed by atoms with E-state index in [0.29, 0.717) is 30.4 Å². The van der Waals surface area contributed by atoms with Gasteiger partial charge >= 0.3 is 0 Å². The Morgan fingerprint density at radius 2 is 1.64 bits per heavy atom. The molecule has 12 atom stereocenters. The number of rotatable bonds is 16. The molecular weight excluding hydrogens is 1070 g/mol. The van der Waals surface area contributed by atoms with E-state index in [1.54, 1.807) is 19.9 Å². The number of hydrogen-bond acceptors (Lipinski definition) is 18. The number of aromatic nitrogens is 1. The maximum Gasteiger partial charge on any atom is 0.243 e. The van der Waals surface area contributed by atoms with E-state index in [-0.39, 0.29) is 53.3 Å². The highest BCUT2D eigenvalue weighted by Gasteiger charge is 2.57. The lowest BCUT2D eigenvalue weighted by atomic mass is 9.82. The Balaban J connectivity index is 1.66. The van der Waals surface area contributed by atoms with Crippen molar-refractivity contribution in [2.24, 2.45) is 29.4 Å². The van der Waals surface area contributed by atoms with Gasteiger partial charge in [-0.15, -0.1) is 0 Å². The van der Waals surface area contributed by atoms with Crippen molar-refractivity contribution in [3.63, 3.8) is 0 Å². The number of benzene rings is 1. The molecule has 4 aliphatic heterocycles. The summed E-state index contributed by atoms with van der Waals surface area (Å²) in [6.07, 6.45) is -4.73. The molecule has 3 unspecified atom stereocenters. The first-order chi connectivity index (χ1) is 36.8. The van der Waals surface area contributed by atoms with Crippen LogP contribution in [-0.2, 0) is 65.2 Å². The topological polar surface area (TPSA) is 363 Å². The van der Waals surface area contributed by atoms with Crippen molar-refractivity contribution >= 4 is 102 Å². The number of carbonyl (C=O) groups is 10. The predicted molar refractivity (Wildman–Crippen MR) is 290 cm³/mol. The minimum Gasteiger partial charge on any atom is -0.465 e. The number of ketones is 4. The van der Waals surface area contributed by atoms with Gasteiger partial charge in [-0.05, 0) is 70.1 Å². The summed E-state index contributed by atoms with van der Waals surface area (Å²) >= 11 is 0. The highest BCUT2D eigenvalue weighted by atomic mass is 33.1. The van der Waals surface area contributed by atoms with E-state index in [4.69, 9.17) is 10.5 Å². The van der Waals surface area contributed by atoms with Crippen LogP contribution in [0.25, 0.3) is 10.9 Å². The van der Waals surface area contributed by atoms with Gasteiger partial charge in [0.05, 0.1) is 72.1 Å². The molecule has 6 amide bonds. The molecule has 8 bridgehead atoms. The average Bonchev–Trinajstić information content (AvgIpc) is 4.07. The molecule has 1 aromatic heterocycles. The molecule has 5 heterocycles. The van der Waals surface area contributed by atoms with Crippen LogP contribution in [0.5, 0.6) is 5.75 Å². The van der Waals surface area contributed by atoms with Gasteiger partial charge in [-0.1, -0.05) is 48.8 Å². The molecule has 1 aromatic carbocycles. The number of ether oxygens (including phenoxy) is 1. The van der Waals surface area contributed by atoms with Crippen molar-refractivity contribution in [1.29, 1.82) is 0 Å². The fraction of sp³-hybridized carbons (Fsp3) is 0.654. The molecule has 0 aliphatic carbocycles. The van der Waals surface area contributed by atoms with Crippen LogP contribution in [0, 0.1) is 23.7 Å². The van der Waals surface area contributed by atoms with E-state index in [2.05, 4.69) is 31.6 Å². The molecule has 23 nitrogen and oxygen atoms in total. The molecular formula is C52H74N8O15S3. The van der Waals surface area contributed by atoms with E-state index < -0.39 is 185 Å². The van der Waals surface area contributed by atoms with Gasteiger partial charge in [0.25, 0.3) is 0 Å². The first-order valence-electron chi connectivity index (χ1n) is 26.4. The van der Waals surface area contributed by atoms with Crippen LogP contribution in [0.15, 0.2) is 23.2 Å². The number of primary amides is 1. The number of fused-ring (bicyclic) bond motifs is 7. The molecule has 0 spiro atoms. The van der Waals surface area contributed by atoms with Gasteiger partial charge in [-0.25, -0.2) is 4.90 Å². The molecule has 430 valence electrons. The lowest BCUT2D eigenvalue weighted by molar-refractivity contribution is -0.168. The van der Waals surface area contributed by atoms with Gasteiger partial charge < -0.3 is 62.2 Å². The summed E-state index contributed by atoms with van der Waals surface area (Å²) in [7, 11) is 0.669. The fourth-order valence-corrected chi connectivity index (χ4v) is 14.5. The van der Waals surface area contributed by atoms with Gasteiger partial charge in [0.2, 0.25) is 41.2 Å². The molecule has 0 saturated carbocycles. The molecule has 26 heteroatoms. The summed E-state index contributed by atoms with van der Waals surface area (Å²) < 4.78 is 21.4. The Hall–Kier alpha value is -5.25. The lowest BCUT2D eigenvalue weighted by Gasteiger charge is -2.45. The van der Waals surface area contributed by atoms with Gasteiger partial charge in [0, 0.05) is 78.4 Å². The summed E-state index contributed by atoms with van der Waals surface area (Å²) in [5, 5.41) is 46.2. The maximum atomic E-state index is 16.2. The summed E-state index contributed by atoms with van der Waals surface area (Å²) in [5.41, 5.74) is 3.95. The third kappa shape index (κ3) is 15.1. The molecule has 4 aliphatic rings. The lowest BCUT2D eigenvalue weighted by Crippen LogP contribution is -2.66. The summed E-state index contributed by atoms with van der Waals surface area (Å²) in [6, 6.07) is -1.51. The van der Waals surface area contributed by atoms with Gasteiger partial charge in [0.15, 0.2) is 17.3 Å². The van der Waals surface area contributed by atoms with Crippen LogP contribution in [0.4, 0.5) is 0 Å². The Kier molecular flexibility index (Phi) is 21.3. The number of hydrogen-bond donors (Lipinski definition) is 10. The highest BCUT2D eigenvalue weighted by Crippen LogP contribution is 2.45. The second-order valence-corrected chi connectivity index (χ2v) is 26.2. The van der Waals surface area contributed by atoms with Gasteiger partial charge in [0.1, 0.15) is 22.6 Å². The third-order valence-electron chi connectivity index (χ3n) is 15.1. The van der Waals surface area contributed by atoms with Crippen LogP contribution in [0.3, 0.4) is 0 Å². The zero-order chi connectivity index (χ0) is 57.4. The largest absolute Gasteiger partial charge is 0.465 e. The maximum absolute atomic E-state index is 16.2. The number of carbonyl (C=O) groups excluding carboxylic acids is 10. The minimum absolute atomic E-state index is 0.000330. The van der Waals surface area contributed by atoms with Gasteiger partial charge in [-0.2, -0.15) is 0 Å². The van der Waals surface area contributed by atoms with Gasteiger partial charge in [-0.3, -0.25) is 47.4 Å². The molecule has 11 N–H and O–H groups in total. The molecule has 0 radical (unpaired) electrons. The third-order valence-corrected chi connectivity index (χ3v) is 20.0. The van der Waals surface area contributed by atoms with Crippen molar-refractivity contribution in [1.82, 2.24) is 36.5 Å². The second kappa shape index (κ2) is 26.8. The average molecular weight is 1150 g/mol. The summed E-state index contributed by atoms with van der Waals surface area (Å²) in [6.45, 7) is 7.47. The minimum atomic E-state index is -2.36. The first kappa shape index (κ1) is 62.0. The monoisotopic (exact) mass is 1150 g/mol. The van der Waals surface area contributed by atoms with Crippen LogP contribution in [0.2, 0.25) is 0 Å². The fourth-order valence-electron chi connectivity index (χ4n) is 10.4. The number of aliphatic hydroxyl groups excluding tert-OH is 3. The molecule has 1 fully saturated rings. The van der Waals surface area contributed by atoms with Crippen molar-refractivity contribution in [3.05, 3.63) is 23.8 Å². The quantitative estimate of drug-likeness (QED) is 0.0781. The number of nitrogens with zero attached hydrogens (tertiary/aromatic N) is 1. The number of nitrogens with one attached hydrogen (secondary N) is 6. The number of aromatic amines is 1. The molecule has 78 heavy (non-hydrogen) atoms. The SMILES string of the molecule is CC[C@H](C)[C@@H]1NC(=O)CNC(=O)[C@H]2CC(=O)[C@H]([C@@H](C)[C@@H](O)CO)NC(=O)[C@@H]3CC(O)CN3C3(CCC(C)(C)SSCCCC(C)=O)Oc4ccc5c(c([nH]c5c4)[S@](=O)CC(NC(=O)CNC1=O)C(=O)C[C@@H](CC(N)=O)C3=O)C2. The first-order valence-corrected chi connectivity index (χ1v) is 30.0. The summed E-state index contributed by atoms with van der Waals surface area (Å²) in [5.74, 6) is -12.8. The zero-order valence-corrected chi connectivity index (χ0v) is 47.3. The predicted octanol–water partition coefficient (Wildman–Crippen LogP) is -0.00400. The van der Waals surface area contributed by atoms with Crippen molar-refractivity contribution in [3.8, 4) is 5.75 Å². The van der Waals surface area contributed by atoms with Crippen molar-refractivity contribution in [2.75, 3.05) is 37.7 Å². The van der Waals surface area contributed by atoms with Crippen molar-refractivity contribution in [2.45, 2.75) is 158 Å². The second-order valence-electron chi connectivity index (χ2n) is 21.6. The number of nitrogens with two attached hydrogens (primary N) is 1. The Morgan fingerprint density at radius 1 is 0.949 bits per heavy atom. The molecule has 1 saturated heterocycles. The van der Waals surface area contributed by atoms with E-state index >= 15 is 23.4 Å². The molecule has 6 rings (SSSR count). The normalized spacial score (nSPS) is 28.5. The van der Waals surface area contributed by atoms with Crippen LogP contribution in [0.1, 0.15) is 105 Å². The smallest absolute Gasteiger partial charge is 0.243 e. The number of Topliss-reactive ketones (excluding diaryl/α,β-unsaturated/α-hetero) is 4. The Labute approximate surface area is 462 Å². The zero-order valence-electron chi connectivity index (χ0n) is 44.8. The molecule has 2 aromatic rings.